The summed E-state index contributed by atoms with van der Waals surface area (Å²) in [5, 5.41) is 33.0. The van der Waals surface area contributed by atoms with Crippen molar-refractivity contribution in [3.63, 3.8) is 0 Å². The van der Waals surface area contributed by atoms with E-state index in [4.69, 9.17) is 21.0 Å². The molecule has 0 spiro atoms. The van der Waals surface area contributed by atoms with E-state index in [0.717, 1.165) is 12.2 Å². The minimum atomic E-state index is -0.141. The highest BCUT2D eigenvalue weighted by molar-refractivity contribution is 5.44. The second-order valence-electron chi connectivity index (χ2n) is 1.61. The van der Waals surface area contributed by atoms with E-state index < -0.39 is 0 Å². The molecule has 0 aliphatic carbocycles. The van der Waals surface area contributed by atoms with Crippen LogP contribution in [-0.2, 0) is 0 Å². The normalized spacial score (nSPS) is 6.00. The Morgan fingerprint density at radius 3 is 1.08 bits per heavy atom. The van der Waals surface area contributed by atoms with Gasteiger partial charge in [-0.15, -0.1) is 0 Å². The molecule has 0 aromatic rings. The highest BCUT2D eigenvalue weighted by Gasteiger charge is 1.90. The summed E-state index contributed by atoms with van der Waals surface area (Å²) >= 11 is 0. The summed E-state index contributed by atoms with van der Waals surface area (Å²) < 4.78 is 0. The number of hydrogen-bond acceptors (Lipinski definition) is 4. The first-order valence-electron chi connectivity index (χ1n) is 2.81. The molecule has 0 N–H and O–H groups in total. The fraction of sp³-hybridized carbons (Fsp3) is 0. The minimum Gasteiger partial charge on any atom is -0.192 e. The van der Waals surface area contributed by atoms with Crippen molar-refractivity contribution >= 4 is 0 Å². The predicted molar refractivity (Wildman–Crippen MR) is 38.6 cm³/mol. The van der Waals surface area contributed by atoms with Crippen LogP contribution in [0, 0.1) is 45.3 Å². The van der Waals surface area contributed by atoms with Crippen LogP contribution in [0.15, 0.2) is 23.3 Å². The van der Waals surface area contributed by atoms with Crippen LogP contribution in [-0.4, -0.2) is 0 Å². The summed E-state index contributed by atoms with van der Waals surface area (Å²) in [6.07, 6.45) is 2.25. The Morgan fingerprint density at radius 2 is 0.917 bits per heavy atom. The van der Waals surface area contributed by atoms with Crippen LogP contribution < -0.4 is 0 Å². The maximum Gasteiger partial charge on any atom is 0.129 e. The zero-order chi connectivity index (χ0) is 9.40. The molecular weight excluding hydrogens is 152 g/mol. The van der Waals surface area contributed by atoms with Crippen LogP contribution >= 0.6 is 0 Å². The lowest BCUT2D eigenvalue weighted by Gasteiger charge is -1.76. The van der Waals surface area contributed by atoms with E-state index in [2.05, 4.69) is 0 Å². The van der Waals surface area contributed by atoms with Crippen molar-refractivity contribution in [1.29, 1.82) is 21.0 Å². The molecule has 0 aromatic carbocycles. The maximum absolute atomic E-state index is 8.25. The van der Waals surface area contributed by atoms with Crippen molar-refractivity contribution in [2.45, 2.75) is 0 Å². The quantitative estimate of drug-likeness (QED) is 0.414. The smallest absolute Gasteiger partial charge is 0.129 e. The van der Waals surface area contributed by atoms with Gasteiger partial charge in [-0.05, 0) is 12.2 Å². The van der Waals surface area contributed by atoms with E-state index in [1.54, 1.807) is 24.3 Å². The lowest BCUT2D eigenvalue weighted by atomic mass is 10.2. The van der Waals surface area contributed by atoms with Crippen LogP contribution in [0.2, 0.25) is 0 Å². The van der Waals surface area contributed by atoms with Crippen molar-refractivity contribution < 1.29 is 0 Å². The van der Waals surface area contributed by atoms with E-state index in [1.807, 2.05) is 0 Å². The van der Waals surface area contributed by atoms with Gasteiger partial charge in [0.1, 0.15) is 35.4 Å². The monoisotopic (exact) mass is 154 g/mol. The first kappa shape index (κ1) is 9.44. The molecule has 0 saturated carbocycles. The average molecular weight is 154 g/mol. The molecule has 0 rings (SSSR count). The van der Waals surface area contributed by atoms with Gasteiger partial charge >= 0.3 is 0 Å². The number of hydrogen-bond donors (Lipinski definition) is 0. The lowest BCUT2D eigenvalue weighted by Crippen LogP contribution is -1.72. The van der Waals surface area contributed by atoms with Crippen LogP contribution in [0.4, 0.5) is 0 Å². The zero-order valence-corrected chi connectivity index (χ0v) is 5.94. The summed E-state index contributed by atoms with van der Waals surface area (Å²) in [7, 11) is 0. The predicted octanol–water partition coefficient (Wildman–Crippen LogP) is 0.934. The molecule has 4 nitrogen and oxygen atoms in total. The second kappa shape index (κ2) is 5.24. The van der Waals surface area contributed by atoms with Crippen molar-refractivity contribution in [2.24, 2.45) is 0 Å². The summed E-state index contributed by atoms with van der Waals surface area (Å²) in [6, 6.07) is 6.37. The molecule has 54 valence electrons. The fourth-order valence-electron chi connectivity index (χ4n) is 0.366. The third kappa shape index (κ3) is 2.83. The second-order valence-corrected chi connectivity index (χ2v) is 1.61. The van der Waals surface area contributed by atoms with Gasteiger partial charge in [0, 0.05) is 0 Å². The molecular formula is C8H2N4. The minimum absolute atomic E-state index is 0.141. The Morgan fingerprint density at radius 1 is 0.667 bits per heavy atom. The van der Waals surface area contributed by atoms with Crippen LogP contribution in [0.3, 0.4) is 0 Å². The fourth-order valence-corrected chi connectivity index (χ4v) is 0.366. The summed E-state index contributed by atoms with van der Waals surface area (Å²) in [5.41, 5.74) is -0.281. The molecule has 0 heterocycles. The summed E-state index contributed by atoms with van der Waals surface area (Å²) in [5.74, 6) is 0. The van der Waals surface area contributed by atoms with E-state index >= 15 is 0 Å². The first-order chi connectivity index (χ1) is 5.78. The van der Waals surface area contributed by atoms with Gasteiger partial charge in [-0.2, -0.15) is 21.0 Å². The van der Waals surface area contributed by atoms with Gasteiger partial charge in [-0.25, -0.2) is 0 Å². The molecule has 0 aliphatic heterocycles. The Balaban J connectivity index is 4.78. The van der Waals surface area contributed by atoms with Gasteiger partial charge in [0.05, 0.1) is 0 Å². The van der Waals surface area contributed by atoms with Crippen molar-refractivity contribution in [3.8, 4) is 24.3 Å². The van der Waals surface area contributed by atoms with Crippen LogP contribution in [0.5, 0.6) is 0 Å². The Hall–Kier alpha value is -2.56. The Kier molecular flexibility index (Phi) is 4.12. The zero-order valence-electron chi connectivity index (χ0n) is 5.94. The van der Waals surface area contributed by atoms with Crippen molar-refractivity contribution in [3.05, 3.63) is 23.3 Å². The number of nitrogens with zero attached hydrogens (tertiary/aromatic N) is 4. The average Bonchev–Trinajstić information content (AvgIpc) is 2.13. The molecule has 0 bridgehead atoms. The highest BCUT2D eigenvalue weighted by atomic mass is 14.3. The van der Waals surface area contributed by atoms with E-state index in [0.29, 0.717) is 0 Å². The van der Waals surface area contributed by atoms with E-state index in [-0.39, 0.29) is 11.1 Å². The third-order valence-electron chi connectivity index (χ3n) is 0.898. The Labute approximate surface area is 69.5 Å². The van der Waals surface area contributed by atoms with Gasteiger partial charge in [-0.3, -0.25) is 0 Å². The molecule has 4 heteroatoms. The van der Waals surface area contributed by atoms with Crippen LogP contribution in [0.25, 0.3) is 0 Å². The van der Waals surface area contributed by atoms with Gasteiger partial charge in [0.25, 0.3) is 0 Å². The standard InChI is InChI=1S/C8H2N4/c9-3-7(4-10)1-2-8(5-11)6-12/h1-2H. The molecule has 0 radical (unpaired) electrons. The topological polar surface area (TPSA) is 95.2 Å². The van der Waals surface area contributed by atoms with Gasteiger partial charge < -0.3 is 0 Å². The number of rotatable bonds is 1. The van der Waals surface area contributed by atoms with Crippen molar-refractivity contribution in [2.75, 3.05) is 0 Å². The molecule has 12 heavy (non-hydrogen) atoms. The molecule has 0 atom stereocenters. The molecule has 0 aromatic heterocycles. The number of nitriles is 4. The molecule has 0 fully saturated rings. The molecule has 0 amide bonds. The SMILES string of the molecule is N#CC(C#N)=CC=C(C#N)C#N. The highest BCUT2D eigenvalue weighted by Crippen LogP contribution is 1.94. The molecule has 0 unspecified atom stereocenters. The van der Waals surface area contributed by atoms with Gasteiger partial charge in [0.15, 0.2) is 0 Å². The molecule has 0 aliphatic rings. The van der Waals surface area contributed by atoms with E-state index in [1.165, 1.54) is 0 Å². The van der Waals surface area contributed by atoms with Gasteiger partial charge in [-0.1, -0.05) is 0 Å². The van der Waals surface area contributed by atoms with Crippen molar-refractivity contribution in [1.82, 2.24) is 0 Å². The maximum atomic E-state index is 8.25. The molecule has 0 saturated heterocycles. The van der Waals surface area contributed by atoms with Gasteiger partial charge in [0.2, 0.25) is 0 Å². The summed E-state index contributed by atoms with van der Waals surface area (Å²) in [6.45, 7) is 0. The van der Waals surface area contributed by atoms with E-state index in [9.17, 15) is 0 Å². The largest absolute Gasteiger partial charge is 0.192 e. The first-order valence-corrected chi connectivity index (χ1v) is 2.81. The van der Waals surface area contributed by atoms with Crippen LogP contribution in [0.1, 0.15) is 0 Å². The Bertz CT molecular complexity index is 315. The lowest BCUT2D eigenvalue weighted by molar-refractivity contribution is 1.45. The summed E-state index contributed by atoms with van der Waals surface area (Å²) in [4.78, 5) is 0. The third-order valence-corrected chi connectivity index (χ3v) is 0.898. The number of allylic oxidation sites excluding steroid dienone is 4.